The fourth-order valence-electron chi connectivity index (χ4n) is 2.33. The van der Waals surface area contributed by atoms with Gasteiger partial charge in [-0.1, -0.05) is 0 Å². The summed E-state index contributed by atoms with van der Waals surface area (Å²) >= 11 is 5.83. The topological polar surface area (TPSA) is 41.4 Å². The molecule has 6 heteroatoms. The number of carbonyl (C=O) groups excluding carboxylic acids is 1. The summed E-state index contributed by atoms with van der Waals surface area (Å²) in [5, 5.41) is -0.417. The molecule has 1 aromatic heterocycles. The fourth-order valence-corrected chi connectivity index (χ4v) is 2.47. The van der Waals surface area contributed by atoms with Crippen LogP contribution >= 0.6 is 11.6 Å². The van der Waals surface area contributed by atoms with E-state index in [9.17, 15) is 4.79 Å². The highest BCUT2D eigenvalue weighted by Gasteiger charge is 2.23. The second-order valence-corrected chi connectivity index (χ2v) is 5.61. The first-order chi connectivity index (χ1) is 9.08. The van der Waals surface area contributed by atoms with Gasteiger partial charge in [-0.3, -0.25) is 9.69 Å². The van der Waals surface area contributed by atoms with Crippen LogP contribution in [0, 0.1) is 6.92 Å². The van der Waals surface area contributed by atoms with Crippen molar-refractivity contribution in [2.75, 3.05) is 32.7 Å². The molecule has 1 unspecified atom stereocenters. The van der Waals surface area contributed by atoms with E-state index in [0.29, 0.717) is 0 Å². The molecule has 19 heavy (non-hydrogen) atoms. The van der Waals surface area contributed by atoms with Gasteiger partial charge in [0.2, 0.25) is 5.91 Å². The van der Waals surface area contributed by atoms with Gasteiger partial charge in [-0.25, -0.2) is 4.98 Å². The minimum atomic E-state index is -0.417. The van der Waals surface area contributed by atoms with Crippen LogP contribution in [0.15, 0.2) is 12.4 Å². The van der Waals surface area contributed by atoms with E-state index < -0.39 is 5.38 Å². The number of halogens is 1. The highest BCUT2D eigenvalue weighted by atomic mass is 35.5. The van der Waals surface area contributed by atoms with Gasteiger partial charge in [0.1, 0.15) is 11.2 Å². The summed E-state index contributed by atoms with van der Waals surface area (Å²) in [7, 11) is 0. The number of rotatable bonds is 4. The lowest BCUT2D eigenvalue weighted by Crippen LogP contribution is -2.50. The van der Waals surface area contributed by atoms with Crippen LogP contribution in [0.3, 0.4) is 0 Å². The standard InChI is InChI=1S/C13H21ClN4O/c1-11(14)13(19)18-9-6-16(7-10-18)5-8-17-4-3-15-12(17)2/h3-4,11H,5-10H2,1-2H3. The Morgan fingerprint density at radius 1 is 1.37 bits per heavy atom. The zero-order valence-electron chi connectivity index (χ0n) is 11.5. The number of amides is 1. The third-order valence-electron chi connectivity index (χ3n) is 3.61. The average molecular weight is 285 g/mol. The Kier molecular flexibility index (Phi) is 4.82. The van der Waals surface area contributed by atoms with Gasteiger partial charge in [0, 0.05) is 51.7 Å². The lowest BCUT2D eigenvalue weighted by atomic mass is 10.3. The maximum atomic E-state index is 11.8. The Morgan fingerprint density at radius 3 is 2.58 bits per heavy atom. The second kappa shape index (κ2) is 6.39. The number of nitrogens with zero attached hydrogens (tertiary/aromatic N) is 4. The molecule has 5 nitrogen and oxygen atoms in total. The Hall–Kier alpha value is -1.07. The van der Waals surface area contributed by atoms with Gasteiger partial charge in [0.05, 0.1) is 0 Å². The molecule has 0 radical (unpaired) electrons. The number of aromatic nitrogens is 2. The predicted octanol–water partition coefficient (Wildman–Crippen LogP) is 0.963. The van der Waals surface area contributed by atoms with Crippen molar-refractivity contribution in [1.82, 2.24) is 19.4 Å². The molecule has 106 valence electrons. The lowest BCUT2D eigenvalue weighted by molar-refractivity contribution is -0.132. The summed E-state index contributed by atoms with van der Waals surface area (Å²) in [5.74, 6) is 1.09. The van der Waals surface area contributed by atoms with Gasteiger partial charge in [0.25, 0.3) is 0 Å². The smallest absolute Gasteiger partial charge is 0.240 e. The highest BCUT2D eigenvalue weighted by Crippen LogP contribution is 2.07. The molecule has 0 N–H and O–H groups in total. The Balaban J connectivity index is 1.75. The van der Waals surface area contributed by atoms with Crippen LogP contribution in [0.1, 0.15) is 12.7 Å². The molecular weight excluding hydrogens is 264 g/mol. The molecule has 1 aromatic rings. The normalized spacial score (nSPS) is 18.6. The third kappa shape index (κ3) is 3.70. The van der Waals surface area contributed by atoms with Gasteiger partial charge >= 0.3 is 0 Å². The maximum absolute atomic E-state index is 11.8. The van der Waals surface area contributed by atoms with Crippen LogP contribution < -0.4 is 0 Å². The zero-order chi connectivity index (χ0) is 13.8. The van der Waals surface area contributed by atoms with E-state index in [-0.39, 0.29) is 5.91 Å². The van der Waals surface area contributed by atoms with Crippen molar-refractivity contribution in [3.63, 3.8) is 0 Å². The van der Waals surface area contributed by atoms with Gasteiger partial charge in [-0.15, -0.1) is 11.6 Å². The molecule has 0 bridgehead atoms. The van der Waals surface area contributed by atoms with E-state index in [1.54, 1.807) is 6.92 Å². The first-order valence-electron chi connectivity index (χ1n) is 6.71. The molecule has 1 atom stereocenters. The third-order valence-corrected chi connectivity index (χ3v) is 3.79. The van der Waals surface area contributed by atoms with Crippen molar-refractivity contribution < 1.29 is 4.79 Å². The van der Waals surface area contributed by atoms with Crippen LogP contribution in [-0.2, 0) is 11.3 Å². The molecule has 0 spiro atoms. The molecule has 2 rings (SSSR count). The van der Waals surface area contributed by atoms with Crippen LogP contribution in [0.5, 0.6) is 0 Å². The molecule has 1 saturated heterocycles. The fraction of sp³-hybridized carbons (Fsp3) is 0.692. The van der Waals surface area contributed by atoms with Crippen LogP contribution in [0.2, 0.25) is 0 Å². The minimum absolute atomic E-state index is 0.0479. The van der Waals surface area contributed by atoms with Crippen LogP contribution in [0.4, 0.5) is 0 Å². The number of hydrogen-bond donors (Lipinski definition) is 0. The summed E-state index contributed by atoms with van der Waals surface area (Å²) < 4.78 is 2.15. The van der Waals surface area contributed by atoms with Crippen LogP contribution in [0.25, 0.3) is 0 Å². The predicted molar refractivity (Wildman–Crippen MR) is 75.3 cm³/mol. The van der Waals surface area contributed by atoms with Crippen molar-refractivity contribution in [3.05, 3.63) is 18.2 Å². The first kappa shape index (κ1) is 14.3. The number of imidazole rings is 1. The minimum Gasteiger partial charge on any atom is -0.339 e. The Labute approximate surface area is 119 Å². The van der Waals surface area contributed by atoms with Gasteiger partial charge < -0.3 is 9.47 Å². The number of carbonyl (C=O) groups is 1. The van der Waals surface area contributed by atoms with Crippen LogP contribution in [-0.4, -0.2) is 63.4 Å². The highest BCUT2D eigenvalue weighted by molar-refractivity contribution is 6.30. The zero-order valence-corrected chi connectivity index (χ0v) is 12.3. The SMILES string of the molecule is Cc1nccn1CCN1CCN(C(=O)C(C)Cl)CC1. The van der Waals surface area contributed by atoms with Crippen molar-refractivity contribution in [2.24, 2.45) is 0 Å². The number of piperazine rings is 1. The van der Waals surface area contributed by atoms with E-state index in [1.807, 2.05) is 24.2 Å². The van der Waals surface area contributed by atoms with E-state index in [0.717, 1.165) is 45.1 Å². The molecule has 1 aliphatic rings. The Bertz CT molecular complexity index is 424. The molecule has 1 aliphatic heterocycles. The molecule has 0 saturated carbocycles. The monoisotopic (exact) mass is 284 g/mol. The molecule has 1 amide bonds. The number of hydrogen-bond acceptors (Lipinski definition) is 3. The van der Waals surface area contributed by atoms with Gasteiger partial charge in [0.15, 0.2) is 0 Å². The van der Waals surface area contributed by atoms with E-state index in [4.69, 9.17) is 11.6 Å². The number of alkyl halides is 1. The summed E-state index contributed by atoms with van der Waals surface area (Å²) in [6.45, 7) is 9.09. The van der Waals surface area contributed by atoms with E-state index in [1.165, 1.54) is 0 Å². The quantitative estimate of drug-likeness (QED) is 0.774. The summed E-state index contributed by atoms with van der Waals surface area (Å²) in [6.07, 6.45) is 3.83. The second-order valence-electron chi connectivity index (χ2n) is 4.95. The van der Waals surface area contributed by atoms with Crippen molar-refractivity contribution >= 4 is 17.5 Å². The maximum Gasteiger partial charge on any atom is 0.240 e. The van der Waals surface area contributed by atoms with Gasteiger partial charge in [-0.05, 0) is 13.8 Å². The Morgan fingerprint density at radius 2 is 2.05 bits per heavy atom. The van der Waals surface area contributed by atoms with E-state index >= 15 is 0 Å². The summed E-state index contributed by atoms with van der Waals surface area (Å²) in [4.78, 5) is 20.2. The molecule has 0 aromatic carbocycles. The van der Waals surface area contributed by atoms with Crippen molar-refractivity contribution in [2.45, 2.75) is 25.8 Å². The number of aryl methyl sites for hydroxylation is 1. The van der Waals surface area contributed by atoms with Crippen molar-refractivity contribution in [1.29, 1.82) is 0 Å². The van der Waals surface area contributed by atoms with Crippen molar-refractivity contribution in [3.8, 4) is 0 Å². The molecule has 1 fully saturated rings. The van der Waals surface area contributed by atoms with E-state index in [2.05, 4.69) is 14.5 Å². The average Bonchev–Trinajstić information content (AvgIpc) is 2.81. The summed E-state index contributed by atoms with van der Waals surface area (Å²) in [5.41, 5.74) is 0. The molecular formula is C13H21ClN4O. The van der Waals surface area contributed by atoms with Gasteiger partial charge in [-0.2, -0.15) is 0 Å². The summed E-state index contributed by atoms with van der Waals surface area (Å²) in [6, 6.07) is 0. The lowest BCUT2D eigenvalue weighted by Gasteiger charge is -2.35. The first-order valence-corrected chi connectivity index (χ1v) is 7.14. The molecule has 0 aliphatic carbocycles. The molecule has 2 heterocycles. The largest absolute Gasteiger partial charge is 0.339 e.